The number of nitrogens with zero attached hydrogens (tertiary/aromatic N) is 9. The number of hydrogen-bond acceptors (Lipinski definition) is 13. The topological polar surface area (TPSA) is 180 Å². The molecule has 0 radical (unpaired) electrons. The molecule has 2 spiro atoms. The number of nitrogens with one attached hydrogen (secondary N) is 1. The van der Waals surface area contributed by atoms with Crippen molar-refractivity contribution >= 4 is 56.4 Å². The van der Waals surface area contributed by atoms with E-state index >= 15 is 8.78 Å². The number of benzene rings is 3. The molecular weight excluding hydrogens is 1020 g/mol. The van der Waals surface area contributed by atoms with E-state index in [2.05, 4.69) is 37.1 Å². The number of imide groups is 1. The number of phenols is 1. The average molecular weight is 1090 g/mol. The van der Waals surface area contributed by atoms with Gasteiger partial charge in [0.15, 0.2) is 5.82 Å². The lowest BCUT2D eigenvalue weighted by atomic mass is 9.59. The third kappa shape index (κ3) is 8.52. The number of carbonyl (C=O) groups is 3. The van der Waals surface area contributed by atoms with Crippen LogP contribution in [-0.2, 0) is 27.8 Å². The molecule has 6 aliphatic heterocycles. The van der Waals surface area contributed by atoms with Crippen LogP contribution in [0, 0.1) is 22.5 Å². The largest absolute Gasteiger partial charge is 0.508 e. The van der Waals surface area contributed by atoms with Gasteiger partial charge in [0.25, 0.3) is 0 Å². The van der Waals surface area contributed by atoms with Gasteiger partial charge in [-0.05, 0) is 173 Å². The van der Waals surface area contributed by atoms with Gasteiger partial charge in [-0.25, -0.2) is 18.4 Å². The third-order valence-corrected chi connectivity index (χ3v) is 20.6. The first kappa shape index (κ1) is 51.4. The molecule has 8 fully saturated rings. The summed E-state index contributed by atoms with van der Waals surface area (Å²) in [6.07, 6.45) is 15.7. The van der Waals surface area contributed by atoms with Crippen molar-refractivity contribution in [1.82, 2.24) is 44.1 Å². The van der Waals surface area contributed by atoms with Crippen LogP contribution < -0.4 is 20.6 Å². The van der Waals surface area contributed by atoms with Crippen molar-refractivity contribution in [2.24, 2.45) is 17.9 Å². The number of rotatable bonds is 11. The fraction of sp³-hybridized carbons (Fsp3) is 0.557. The van der Waals surface area contributed by atoms with Gasteiger partial charge in [0.2, 0.25) is 11.8 Å². The minimum absolute atomic E-state index is 0.0281. The van der Waals surface area contributed by atoms with Crippen LogP contribution in [0.25, 0.3) is 44.0 Å². The van der Waals surface area contributed by atoms with E-state index in [1.165, 1.54) is 24.1 Å². The van der Waals surface area contributed by atoms with Crippen molar-refractivity contribution in [3.63, 3.8) is 0 Å². The third-order valence-electron chi connectivity index (χ3n) is 20.6. The lowest BCUT2D eigenvalue weighted by Gasteiger charge is -2.56. The molecule has 420 valence electrons. The molecule has 8 aliphatic rings. The van der Waals surface area contributed by atoms with Gasteiger partial charge < -0.3 is 29.3 Å². The minimum atomic E-state index is -0.697. The minimum Gasteiger partial charge on any atom is -0.508 e. The number of amides is 3. The number of aryl methyl sites for hydroxylation is 2. The van der Waals surface area contributed by atoms with Crippen LogP contribution in [-0.4, -0.2) is 138 Å². The van der Waals surface area contributed by atoms with E-state index in [4.69, 9.17) is 19.4 Å². The first-order valence-electron chi connectivity index (χ1n) is 29.4. The molecule has 6 saturated heterocycles. The molecule has 2 saturated carbocycles. The van der Waals surface area contributed by atoms with Gasteiger partial charge in [-0.3, -0.25) is 33.9 Å². The molecule has 2 N–H and O–H groups in total. The highest BCUT2D eigenvalue weighted by Crippen LogP contribution is 2.53. The lowest BCUT2D eigenvalue weighted by Crippen LogP contribution is -2.60. The molecule has 17 nitrogen and oxygen atoms in total. The van der Waals surface area contributed by atoms with Crippen molar-refractivity contribution in [1.29, 1.82) is 0 Å². The van der Waals surface area contributed by atoms with E-state index in [0.29, 0.717) is 89.7 Å². The second kappa shape index (κ2) is 19.5. The molecule has 3 amide bonds. The number of phenolic OH excluding ortho intramolecular Hbond substituents is 1. The molecule has 19 heteroatoms. The van der Waals surface area contributed by atoms with E-state index in [1.807, 2.05) is 17.9 Å². The predicted molar refractivity (Wildman–Crippen MR) is 297 cm³/mol. The lowest BCUT2D eigenvalue weighted by molar-refractivity contribution is -0.135. The predicted octanol–water partition coefficient (Wildman–Crippen LogP) is 8.65. The molecule has 14 rings (SSSR count). The van der Waals surface area contributed by atoms with E-state index in [-0.39, 0.29) is 69.5 Å². The molecule has 1 unspecified atom stereocenters. The standard InChI is InChI=1S/C61H70F2N10O7/c1-3-42-45(62)8-6-38-26-41(74)28-43(50(38)42)52-51(63)53-44(31-64-52)54(71-33-60(34-71)15-4-16-60)67-56(66-53)80-35-61-17-5-21-72(61)39(12-18-61)32-79-58(78)70-24-19-59(20-25-70)29-40(30-59)69-22-13-36(14-23-69)37-7-9-46-48(27-37)68(2)57(77)73(46)47-10-11-49(75)65-55(47)76/h6-9,26-28,31,36,39-40,47,74H,3-5,10-25,29-30,32-35H2,1-2H3,(H,65,75,76)/t39-,47?,61-/m0/s1. The Morgan fingerprint density at radius 1 is 0.863 bits per heavy atom. The second-order valence-electron chi connectivity index (χ2n) is 25.1. The maximum absolute atomic E-state index is 17.2. The van der Waals surface area contributed by atoms with Gasteiger partial charge in [-0.2, -0.15) is 9.97 Å². The van der Waals surface area contributed by atoms with Crippen molar-refractivity contribution in [2.45, 2.75) is 139 Å². The summed E-state index contributed by atoms with van der Waals surface area (Å²) in [6.45, 7) is 8.39. The van der Waals surface area contributed by atoms with E-state index in [9.17, 15) is 24.3 Å². The zero-order valence-corrected chi connectivity index (χ0v) is 45.8. The van der Waals surface area contributed by atoms with Crippen LogP contribution in [0.15, 0.2) is 53.5 Å². The van der Waals surface area contributed by atoms with Gasteiger partial charge in [0.1, 0.15) is 47.9 Å². The highest BCUT2D eigenvalue weighted by molar-refractivity contribution is 6.02. The van der Waals surface area contributed by atoms with Gasteiger partial charge in [0, 0.05) is 68.9 Å². The Labute approximate surface area is 462 Å². The van der Waals surface area contributed by atoms with Crippen molar-refractivity contribution in [3.05, 3.63) is 81.9 Å². The number of ether oxygens (including phenoxy) is 2. The fourth-order valence-corrected chi connectivity index (χ4v) is 15.9. The first-order valence-corrected chi connectivity index (χ1v) is 29.4. The number of aromatic nitrogens is 5. The Hall–Kier alpha value is -6.73. The number of fused-ring (bicyclic) bond motifs is 4. The molecule has 3 aromatic carbocycles. The summed E-state index contributed by atoms with van der Waals surface area (Å²) in [7, 11) is 1.75. The van der Waals surface area contributed by atoms with Crippen LogP contribution in [0.2, 0.25) is 0 Å². The van der Waals surface area contributed by atoms with Gasteiger partial charge in [-0.15, -0.1) is 0 Å². The summed E-state index contributed by atoms with van der Waals surface area (Å²) in [5.41, 5.74) is 3.46. The molecule has 3 aromatic heterocycles. The Kier molecular flexibility index (Phi) is 12.5. The zero-order valence-electron chi connectivity index (χ0n) is 45.8. The van der Waals surface area contributed by atoms with E-state index in [0.717, 1.165) is 115 Å². The van der Waals surface area contributed by atoms with Crippen molar-refractivity contribution < 1.29 is 37.7 Å². The van der Waals surface area contributed by atoms with Gasteiger partial charge in [-0.1, -0.05) is 25.5 Å². The van der Waals surface area contributed by atoms with Crippen LogP contribution in [0.5, 0.6) is 11.8 Å². The van der Waals surface area contributed by atoms with Crippen LogP contribution >= 0.6 is 0 Å². The number of piperidine rings is 3. The summed E-state index contributed by atoms with van der Waals surface area (Å²) in [5, 5.41) is 14.7. The number of anilines is 1. The number of likely N-dealkylation sites (tertiary alicyclic amines) is 2. The second-order valence-corrected chi connectivity index (χ2v) is 25.1. The summed E-state index contributed by atoms with van der Waals surface area (Å²) in [4.78, 5) is 75.1. The average Bonchev–Trinajstić information content (AvgIpc) is 4.04. The normalized spacial score (nSPS) is 25.1. The summed E-state index contributed by atoms with van der Waals surface area (Å²) in [6, 6.07) is 12.1. The van der Waals surface area contributed by atoms with Crippen LogP contribution in [0.1, 0.15) is 126 Å². The quantitative estimate of drug-likeness (QED) is 0.118. The number of aromatic hydroxyl groups is 1. The first-order chi connectivity index (χ1) is 38.7. The molecule has 3 atom stereocenters. The number of imidazole rings is 1. The maximum Gasteiger partial charge on any atom is 0.409 e. The Bertz CT molecular complexity index is 3570. The molecule has 6 aromatic rings. The number of pyridine rings is 1. The number of hydrogen-bond donors (Lipinski definition) is 2. The summed E-state index contributed by atoms with van der Waals surface area (Å²) >= 11 is 0. The van der Waals surface area contributed by atoms with Crippen LogP contribution in [0.3, 0.4) is 0 Å². The molecule has 80 heavy (non-hydrogen) atoms. The highest BCUT2D eigenvalue weighted by Gasteiger charge is 2.52. The van der Waals surface area contributed by atoms with E-state index < -0.39 is 23.6 Å². The Morgan fingerprint density at radius 3 is 2.41 bits per heavy atom. The number of carbonyl (C=O) groups excluding carboxylic acids is 3. The molecular formula is C61H70F2N10O7. The highest BCUT2D eigenvalue weighted by atomic mass is 19.1. The van der Waals surface area contributed by atoms with Gasteiger partial charge in [0.05, 0.1) is 22.0 Å². The van der Waals surface area contributed by atoms with Crippen molar-refractivity contribution in [2.75, 3.05) is 63.9 Å². The Morgan fingerprint density at radius 2 is 1.66 bits per heavy atom. The summed E-state index contributed by atoms with van der Waals surface area (Å²) in [5.74, 6) is -0.919. The smallest absolute Gasteiger partial charge is 0.409 e. The Balaban J connectivity index is 0.588. The van der Waals surface area contributed by atoms with Crippen LogP contribution in [0.4, 0.5) is 19.4 Å². The SMILES string of the molecule is CCc1c(F)ccc2cc(O)cc(-c3ncc4c(N5CC6(CCC6)C5)nc(OC[C@@]56CCCN5[C@H](COC(=O)N5CCC7(CC5)CC(N5CCC(c8ccc9c(c8)n(C)c(=O)n9C8CCC(=O)NC8=O)CC5)C7)CC6)nc4c3F)c12. The fourth-order valence-electron chi connectivity index (χ4n) is 15.9. The zero-order chi connectivity index (χ0) is 54.8. The number of halogens is 2. The molecule has 0 bridgehead atoms. The van der Waals surface area contributed by atoms with Gasteiger partial charge >= 0.3 is 17.8 Å². The van der Waals surface area contributed by atoms with E-state index in [1.54, 1.807) is 34.5 Å². The molecule has 2 aliphatic carbocycles. The maximum atomic E-state index is 17.2. The van der Waals surface area contributed by atoms with Crippen molar-refractivity contribution in [3.8, 4) is 23.0 Å². The molecule has 9 heterocycles. The monoisotopic (exact) mass is 1090 g/mol. The summed E-state index contributed by atoms with van der Waals surface area (Å²) < 4.78 is 48.4.